The van der Waals surface area contributed by atoms with Gasteiger partial charge in [0.25, 0.3) is 10.2 Å². The SMILES string of the molecule is CN1CCN(S(=O)(=O)N[C@@H](Cc2ccccc2)C(=O)c2cscn2)CC1. The van der Waals surface area contributed by atoms with Gasteiger partial charge < -0.3 is 4.90 Å². The fourth-order valence-electron chi connectivity index (χ4n) is 2.83. The van der Waals surface area contributed by atoms with Crippen molar-refractivity contribution in [3.05, 3.63) is 52.5 Å². The fourth-order valence-corrected chi connectivity index (χ4v) is 4.72. The van der Waals surface area contributed by atoms with Crippen LogP contribution in [0.5, 0.6) is 0 Å². The number of carbonyl (C=O) groups is 1. The smallest absolute Gasteiger partial charge is 0.280 e. The first kappa shape index (κ1) is 19.1. The summed E-state index contributed by atoms with van der Waals surface area (Å²) in [5, 5.41) is 1.64. The molecule has 26 heavy (non-hydrogen) atoms. The van der Waals surface area contributed by atoms with Gasteiger partial charge in [0, 0.05) is 31.6 Å². The molecule has 0 amide bonds. The Kier molecular flexibility index (Phi) is 6.15. The molecule has 1 fully saturated rings. The predicted octanol–water partition coefficient (Wildman–Crippen LogP) is 1.02. The van der Waals surface area contributed by atoms with Gasteiger partial charge in [0.05, 0.1) is 11.6 Å². The van der Waals surface area contributed by atoms with E-state index in [0.29, 0.717) is 26.2 Å². The lowest BCUT2D eigenvalue weighted by molar-refractivity contribution is 0.0947. The van der Waals surface area contributed by atoms with E-state index < -0.39 is 16.3 Å². The van der Waals surface area contributed by atoms with E-state index >= 15 is 0 Å². The van der Waals surface area contributed by atoms with Crippen LogP contribution in [0.4, 0.5) is 0 Å². The molecule has 0 unspecified atom stereocenters. The highest BCUT2D eigenvalue weighted by Crippen LogP contribution is 2.13. The van der Waals surface area contributed by atoms with Crippen LogP contribution in [0.15, 0.2) is 41.2 Å². The maximum Gasteiger partial charge on any atom is 0.280 e. The van der Waals surface area contributed by atoms with E-state index in [1.165, 1.54) is 15.6 Å². The van der Waals surface area contributed by atoms with E-state index in [1.54, 1.807) is 10.9 Å². The number of thiazole rings is 1. The lowest BCUT2D eigenvalue weighted by Gasteiger charge is -2.32. The van der Waals surface area contributed by atoms with Crippen molar-refractivity contribution in [2.24, 2.45) is 0 Å². The molecule has 1 aliphatic rings. The van der Waals surface area contributed by atoms with Crippen molar-refractivity contribution in [1.29, 1.82) is 0 Å². The van der Waals surface area contributed by atoms with Crippen molar-refractivity contribution in [3.63, 3.8) is 0 Å². The molecule has 0 saturated carbocycles. The minimum atomic E-state index is -3.75. The number of piperazine rings is 1. The molecule has 0 radical (unpaired) electrons. The van der Waals surface area contributed by atoms with Crippen LogP contribution >= 0.6 is 11.3 Å². The molecule has 1 N–H and O–H groups in total. The number of rotatable bonds is 7. The first-order chi connectivity index (χ1) is 12.5. The Labute approximate surface area is 157 Å². The second-order valence-electron chi connectivity index (χ2n) is 6.31. The summed E-state index contributed by atoms with van der Waals surface area (Å²) in [5.41, 5.74) is 2.75. The number of benzene rings is 1. The van der Waals surface area contributed by atoms with Crippen LogP contribution in [0, 0.1) is 0 Å². The summed E-state index contributed by atoms with van der Waals surface area (Å²) in [6, 6.07) is 8.50. The molecule has 2 heterocycles. The number of hydrogen-bond donors (Lipinski definition) is 1. The minimum absolute atomic E-state index is 0.282. The zero-order valence-electron chi connectivity index (χ0n) is 14.5. The van der Waals surface area contributed by atoms with Crippen LogP contribution in [-0.2, 0) is 16.6 Å². The van der Waals surface area contributed by atoms with Crippen molar-refractivity contribution in [1.82, 2.24) is 18.9 Å². The third kappa shape index (κ3) is 4.74. The van der Waals surface area contributed by atoms with Crippen LogP contribution < -0.4 is 4.72 Å². The molecule has 0 spiro atoms. The van der Waals surface area contributed by atoms with Crippen molar-refractivity contribution in [2.75, 3.05) is 33.2 Å². The number of aromatic nitrogens is 1. The summed E-state index contributed by atoms with van der Waals surface area (Å²) < 4.78 is 29.6. The molecule has 1 aromatic carbocycles. The first-order valence-electron chi connectivity index (χ1n) is 8.38. The molecule has 9 heteroatoms. The largest absolute Gasteiger partial charge is 0.304 e. The zero-order valence-corrected chi connectivity index (χ0v) is 16.2. The molecule has 1 saturated heterocycles. The predicted molar refractivity (Wildman–Crippen MR) is 102 cm³/mol. The van der Waals surface area contributed by atoms with Gasteiger partial charge in [0.15, 0.2) is 5.78 Å². The summed E-state index contributed by atoms with van der Waals surface area (Å²) in [4.78, 5) is 18.9. The van der Waals surface area contributed by atoms with Crippen molar-refractivity contribution < 1.29 is 13.2 Å². The number of Topliss-reactive ketones (excluding diaryl/α,β-unsaturated/α-hetero) is 1. The molecule has 1 aliphatic heterocycles. The Bertz CT molecular complexity index is 817. The summed E-state index contributed by atoms with van der Waals surface area (Å²) in [5.74, 6) is -0.312. The highest BCUT2D eigenvalue weighted by Gasteiger charge is 2.32. The number of ketones is 1. The van der Waals surface area contributed by atoms with Crippen molar-refractivity contribution in [2.45, 2.75) is 12.5 Å². The second-order valence-corrected chi connectivity index (χ2v) is 8.73. The molecule has 2 aromatic rings. The summed E-state index contributed by atoms with van der Waals surface area (Å²) >= 11 is 1.31. The van der Waals surface area contributed by atoms with Crippen LogP contribution in [0.2, 0.25) is 0 Å². The molecular formula is C17H22N4O3S2. The molecule has 0 bridgehead atoms. The van der Waals surface area contributed by atoms with Gasteiger partial charge >= 0.3 is 0 Å². The number of likely N-dealkylation sites (N-methyl/N-ethyl adjacent to an activating group) is 1. The van der Waals surface area contributed by atoms with E-state index in [2.05, 4.69) is 14.6 Å². The van der Waals surface area contributed by atoms with Gasteiger partial charge in [-0.2, -0.15) is 17.4 Å². The third-order valence-electron chi connectivity index (χ3n) is 4.38. The molecular weight excluding hydrogens is 372 g/mol. The topological polar surface area (TPSA) is 82.6 Å². The number of nitrogens with zero attached hydrogens (tertiary/aromatic N) is 3. The molecule has 140 valence electrons. The standard InChI is InChI=1S/C17H22N4O3S2/c1-20-7-9-21(10-8-20)26(23,24)19-15(11-14-5-3-2-4-6-14)17(22)16-12-25-13-18-16/h2-6,12-13,15,19H,7-11H2,1H3/t15-/m0/s1. The Morgan fingerprint density at radius 1 is 1.23 bits per heavy atom. The highest BCUT2D eigenvalue weighted by molar-refractivity contribution is 7.87. The van der Waals surface area contributed by atoms with Gasteiger partial charge in [-0.15, -0.1) is 11.3 Å². The summed E-state index contributed by atoms with van der Waals surface area (Å²) in [7, 11) is -1.79. The minimum Gasteiger partial charge on any atom is -0.304 e. The molecule has 1 atom stereocenters. The highest BCUT2D eigenvalue weighted by atomic mass is 32.2. The number of nitrogens with one attached hydrogen (secondary N) is 1. The van der Waals surface area contributed by atoms with E-state index in [4.69, 9.17) is 0 Å². The Balaban J connectivity index is 1.79. The van der Waals surface area contributed by atoms with Gasteiger partial charge in [0.2, 0.25) is 0 Å². The van der Waals surface area contributed by atoms with E-state index in [0.717, 1.165) is 5.56 Å². The monoisotopic (exact) mass is 394 g/mol. The third-order valence-corrected chi connectivity index (χ3v) is 6.59. The Morgan fingerprint density at radius 3 is 2.54 bits per heavy atom. The van der Waals surface area contributed by atoms with Gasteiger partial charge in [0.1, 0.15) is 5.69 Å². The van der Waals surface area contributed by atoms with Gasteiger partial charge in [-0.1, -0.05) is 30.3 Å². The number of hydrogen-bond acceptors (Lipinski definition) is 6. The molecule has 3 rings (SSSR count). The molecule has 7 nitrogen and oxygen atoms in total. The van der Waals surface area contributed by atoms with Crippen LogP contribution in [0.1, 0.15) is 16.1 Å². The lowest BCUT2D eigenvalue weighted by Crippen LogP contribution is -2.54. The first-order valence-corrected chi connectivity index (χ1v) is 10.8. The van der Waals surface area contributed by atoms with Gasteiger partial charge in [-0.25, -0.2) is 4.98 Å². The van der Waals surface area contributed by atoms with E-state index in [1.807, 2.05) is 37.4 Å². The second kappa shape index (κ2) is 8.36. The van der Waals surface area contributed by atoms with Crippen LogP contribution in [0.25, 0.3) is 0 Å². The Morgan fingerprint density at radius 2 is 1.92 bits per heavy atom. The summed E-state index contributed by atoms with van der Waals surface area (Å²) in [6.45, 7) is 2.16. The van der Waals surface area contributed by atoms with Crippen LogP contribution in [0.3, 0.4) is 0 Å². The fraction of sp³-hybridized carbons (Fsp3) is 0.412. The van der Waals surface area contributed by atoms with E-state index in [-0.39, 0.29) is 17.9 Å². The maximum absolute atomic E-state index is 12.8. The van der Waals surface area contributed by atoms with Gasteiger partial charge in [-0.3, -0.25) is 4.79 Å². The Hall–Kier alpha value is -1.65. The quantitative estimate of drug-likeness (QED) is 0.709. The van der Waals surface area contributed by atoms with Crippen molar-refractivity contribution >= 4 is 27.3 Å². The average Bonchev–Trinajstić information content (AvgIpc) is 3.16. The van der Waals surface area contributed by atoms with E-state index in [9.17, 15) is 13.2 Å². The average molecular weight is 395 g/mol. The zero-order chi connectivity index (χ0) is 18.6. The normalized spacial score (nSPS) is 17.9. The van der Waals surface area contributed by atoms with Crippen LogP contribution in [-0.4, -0.2) is 67.7 Å². The summed E-state index contributed by atoms with van der Waals surface area (Å²) in [6.07, 6.45) is 0.282. The number of carbonyl (C=O) groups excluding carboxylic acids is 1. The molecule has 1 aromatic heterocycles. The van der Waals surface area contributed by atoms with Crippen molar-refractivity contribution in [3.8, 4) is 0 Å². The maximum atomic E-state index is 12.8. The molecule has 0 aliphatic carbocycles. The van der Waals surface area contributed by atoms with Gasteiger partial charge in [-0.05, 0) is 19.0 Å². The lowest BCUT2D eigenvalue weighted by atomic mass is 10.0.